The van der Waals surface area contributed by atoms with Crippen LogP contribution in [0.3, 0.4) is 0 Å². The van der Waals surface area contributed by atoms with Crippen molar-refractivity contribution in [3.8, 4) is 0 Å². The molecule has 1 spiro atoms. The van der Waals surface area contributed by atoms with Crippen LogP contribution in [0.25, 0.3) is 0 Å². The predicted octanol–water partition coefficient (Wildman–Crippen LogP) is 2.11. The summed E-state index contributed by atoms with van der Waals surface area (Å²) in [6, 6.07) is 0. The van der Waals surface area contributed by atoms with Crippen LogP contribution in [0.15, 0.2) is 11.6 Å². The molecule has 1 atom stereocenters. The average molecular weight is 251 g/mol. The first-order valence-electron chi connectivity index (χ1n) is 6.68. The Kier molecular flexibility index (Phi) is 3.45. The van der Waals surface area contributed by atoms with Gasteiger partial charge in [-0.1, -0.05) is 0 Å². The first kappa shape index (κ1) is 11.6. The van der Waals surface area contributed by atoms with Crippen LogP contribution in [0.2, 0.25) is 0 Å². The third kappa shape index (κ3) is 2.69. The molecule has 0 radical (unpaired) electrons. The molecule has 0 amide bonds. The van der Waals surface area contributed by atoms with E-state index in [0.29, 0.717) is 5.41 Å². The maximum absolute atomic E-state index is 4.41. The number of likely N-dealkylation sites (tertiary alicyclic amines) is 1. The van der Waals surface area contributed by atoms with Crippen molar-refractivity contribution in [1.82, 2.24) is 15.2 Å². The minimum atomic E-state index is 0.563. The van der Waals surface area contributed by atoms with Crippen molar-refractivity contribution in [3.05, 3.63) is 16.6 Å². The van der Waals surface area contributed by atoms with Crippen molar-refractivity contribution in [1.29, 1.82) is 0 Å². The Morgan fingerprint density at radius 2 is 2.35 bits per heavy atom. The Bertz CT molecular complexity index is 338. The van der Waals surface area contributed by atoms with E-state index >= 15 is 0 Å². The molecule has 1 unspecified atom stereocenters. The maximum Gasteiger partial charge on any atom is 0.107 e. The highest BCUT2D eigenvalue weighted by molar-refractivity contribution is 7.09. The number of thiazole rings is 1. The standard InChI is InChI=1S/C13H21N3S/c1-3-13(10-14-5-1)4-2-7-16(11-13)9-12-15-6-8-17-12/h6,8,14H,1-5,7,9-11H2. The van der Waals surface area contributed by atoms with Gasteiger partial charge in [-0.3, -0.25) is 4.90 Å². The average Bonchev–Trinajstić information content (AvgIpc) is 2.83. The minimum absolute atomic E-state index is 0.563. The second-order valence-electron chi connectivity index (χ2n) is 5.52. The molecule has 2 saturated heterocycles. The number of hydrogen-bond acceptors (Lipinski definition) is 4. The second-order valence-corrected chi connectivity index (χ2v) is 6.50. The molecule has 2 aliphatic heterocycles. The molecule has 0 aromatic carbocycles. The third-order valence-corrected chi connectivity index (χ3v) is 4.91. The summed E-state index contributed by atoms with van der Waals surface area (Å²) in [6.45, 7) is 6.01. The van der Waals surface area contributed by atoms with Gasteiger partial charge in [-0.2, -0.15) is 0 Å². The third-order valence-electron chi connectivity index (χ3n) is 4.14. The van der Waals surface area contributed by atoms with E-state index in [1.807, 2.05) is 6.20 Å². The normalized spacial score (nSPS) is 30.8. The number of nitrogens with zero attached hydrogens (tertiary/aromatic N) is 2. The van der Waals surface area contributed by atoms with Crippen molar-refractivity contribution in [3.63, 3.8) is 0 Å². The predicted molar refractivity (Wildman–Crippen MR) is 71.2 cm³/mol. The highest BCUT2D eigenvalue weighted by Crippen LogP contribution is 2.36. The topological polar surface area (TPSA) is 28.2 Å². The van der Waals surface area contributed by atoms with Gasteiger partial charge >= 0.3 is 0 Å². The van der Waals surface area contributed by atoms with E-state index in [1.165, 1.54) is 56.9 Å². The zero-order valence-corrected chi connectivity index (χ0v) is 11.1. The summed E-state index contributed by atoms with van der Waals surface area (Å²) in [4.78, 5) is 7.01. The Hall–Kier alpha value is -0.450. The molecule has 17 heavy (non-hydrogen) atoms. The van der Waals surface area contributed by atoms with Gasteiger partial charge in [0.05, 0.1) is 6.54 Å². The van der Waals surface area contributed by atoms with Crippen molar-refractivity contribution in [2.75, 3.05) is 26.2 Å². The van der Waals surface area contributed by atoms with Crippen LogP contribution in [0.5, 0.6) is 0 Å². The molecular weight excluding hydrogens is 230 g/mol. The Morgan fingerprint density at radius 1 is 1.41 bits per heavy atom. The lowest BCUT2D eigenvalue weighted by Gasteiger charge is -2.45. The summed E-state index contributed by atoms with van der Waals surface area (Å²) < 4.78 is 0. The van der Waals surface area contributed by atoms with Gasteiger partial charge in [-0.05, 0) is 44.2 Å². The van der Waals surface area contributed by atoms with Crippen LogP contribution >= 0.6 is 11.3 Å². The van der Waals surface area contributed by atoms with E-state index < -0.39 is 0 Å². The van der Waals surface area contributed by atoms with Gasteiger partial charge in [0.25, 0.3) is 0 Å². The smallest absolute Gasteiger partial charge is 0.107 e. The molecule has 4 heteroatoms. The van der Waals surface area contributed by atoms with Gasteiger partial charge in [-0.15, -0.1) is 11.3 Å². The number of piperidine rings is 2. The summed E-state index contributed by atoms with van der Waals surface area (Å²) in [5, 5.41) is 6.93. The SMILES string of the molecule is c1csc(CN2CCCC3(CCCNC3)C2)n1. The minimum Gasteiger partial charge on any atom is -0.316 e. The molecular formula is C13H21N3S. The molecule has 0 saturated carbocycles. The lowest BCUT2D eigenvalue weighted by Crippen LogP contribution is -2.50. The monoisotopic (exact) mass is 251 g/mol. The number of rotatable bonds is 2. The van der Waals surface area contributed by atoms with Gasteiger partial charge in [0, 0.05) is 24.7 Å². The first-order chi connectivity index (χ1) is 8.36. The lowest BCUT2D eigenvalue weighted by molar-refractivity contribution is 0.0600. The molecule has 0 bridgehead atoms. The fourth-order valence-corrected chi connectivity index (χ4v) is 4.00. The highest BCUT2D eigenvalue weighted by atomic mass is 32.1. The van der Waals surface area contributed by atoms with Gasteiger partial charge < -0.3 is 5.32 Å². The van der Waals surface area contributed by atoms with Crippen molar-refractivity contribution >= 4 is 11.3 Å². The molecule has 1 aromatic heterocycles. The quantitative estimate of drug-likeness (QED) is 0.872. The van der Waals surface area contributed by atoms with Crippen LogP contribution < -0.4 is 5.32 Å². The number of aromatic nitrogens is 1. The summed E-state index contributed by atoms with van der Waals surface area (Å²) in [7, 11) is 0. The molecule has 1 aromatic rings. The van der Waals surface area contributed by atoms with Gasteiger partial charge in [0.1, 0.15) is 5.01 Å². The van der Waals surface area contributed by atoms with Crippen LogP contribution in [0.4, 0.5) is 0 Å². The molecule has 94 valence electrons. The Balaban J connectivity index is 1.62. The van der Waals surface area contributed by atoms with E-state index in [4.69, 9.17) is 0 Å². The molecule has 1 N–H and O–H groups in total. The van der Waals surface area contributed by atoms with Gasteiger partial charge in [0.2, 0.25) is 0 Å². The van der Waals surface area contributed by atoms with Crippen molar-refractivity contribution in [2.45, 2.75) is 32.2 Å². The van der Waals surface area contributed by atoms with Crippen LogP contribution in [0.1, 0.15) is 30.7 Å². The second kappa shape index (κ2) is 5.04. The van der Waals surface area contributed by atoms with Crippen LogP contribution in [-0.2, 0) is 6.54 Å². The molecule has 2 aliphatic rings. The van der Waals surface area contributed by atoms with Crippen molar-refractivity contribution < 1.29 is 0 Å². The van der Waals surface area contributed by atoms with Gasteiger partial charge in [-0.25, -0.2) is 4.98 Å². The summed E-state index contributed by atoms with van der Waals surface area (Å²) >= 11 is 1.78. The lowest BCUT2D eigenvalue weighted by atomic mass is 9.74. The fourth-order valence-electron chi connectivity index (χ4n) is 3.35. The number of nitrogens with one attached hydrogen (secondary N) is 1. The molecule has 2 fully saturated rings. The fraction of sp³-hybridized carbons (Fsp3) is 0.769. The number of hydrogen-bond donors (Lipinski definition) is 1. The van der Waals surface area contributed by atoms with Gasteiger partial charge in [0.15, 0.2) is 0 Å². The van der Waals surface area contributed by atoms with Crippen LogP contribution in [-0.4, -0.2) is 36.1 Å². The van der Waals surface area contributed by atoms with E-state index in [9.17, 15) is 0 Å². The molecule has 3 nitrogen and oxygen atoms in total. The Labute approximate surface area is 107 Å². The molecule has 3 heterocycles. The van der Waals surface area contributed by atoms with E-state index in [-0.39, 0.29) is 0 Å². The van der Waals surface area contributed by atoms with E-state index in [0.717, 1.165) is 6.54 Å². The summed E-state index contributed by atoms with van der Waals surface area (Å²) in [5.41, 5.74) is 0.563. The van der Waals surface area contributed by atoms with E-state index in [2.05, 4.69) is 20.6 Å². The zero-order chi connectivity index (χ0) is 11.6. The van der Waals surface area contributed by atoms with Crippen molar-refractivity contribution in [2.24, 2.45) is 5.41 Å². The summed E-state index contributed by atoms with van der Waals surface area (Å²) in [6.07, 6.45) is 7.45. The van der Waals surface area contributed by atoms with Crippen LogP contribution in [0, 0.1) is 5.41 Å². The Morgan fingerprint density at radius 3 is 3.12 bits per heavy atom. The zero-order valence-electron chi connectivity index (χ0n) is 10.3. The largest absolute Gasteiger partial charge is 0.316 e. The highest BCUT2D eigenvalue weighted by Gasteiger charge is 2.36. The molecule has 0 aliphatic carbocycles. The molecule has 3 rings (SSSR count). The summed E-state index contributed by atoms with van der Waals surface area (Å²) in [5.74, 6) is 0. The maximum atomic E-state index is 4.41. The van der Waals surface area contributed by atoms with E-state index in [1.54, 1.807) is 11.3 Å². The first-order valence-corrected chi connectivity index (χ1v) is 7.56.